The summed E-state index contributed by atoms with van der Waals surface area (Å²) in [7, 11) is 0. The van der Waals surface area contributed by atoms with Crippen molar-refractivity contribution >= 4 is 46.7 Å². The SMILES string of the molecule is CCCSc1nc2c(c(=O)[nH]1)[C@H](C(=O)Nc1cc(C(F)(F)F)ccc1Cl)CC(=O)N2. The molecule has 0 saturated carbocycles. The minimum Gasteiger partial charge on any atom is -0.324 e. The van der Waals surface area contributed by atoms with Crippen LogP contribution in [0.1, 0.15) is 36.8 Å². The van der Waals surface area contributed by atoms with Gasteiger partial charge in [-0.25, -0.2) is 4.98 Å². The molecule has 0 spiro atoms. The number of carbonyl (C=O) groups excluding carboxylic acids is 2. The van der Waals surface area contributed by atoms with Crippen molar-refractivity contribution in [2.24, 2.45) is 0 Å². The highest BCUT2D eigenvalue weighted by molar-refractivity contribution is 7.99. The van der Waals surface area contributed by atoms with Crippen LogP contribution in [0.5, 0.6) is 0 Å². The Labute approximate surface area is 177 Å². The van der Waals surface area contributed by atoms with Crippen molar-refractivity contribution in [2.75, 3.05) is 16.4 Å². The quantitative estimate of drug-likeness (QED) is 0.462. The molecule has 3 rings (SSSR count). The maximum atomic E-state index is 13.0. The van der Waals surface area contributed by atoms with Crippen molar-refractivity contribution in [3.8, 4) is 0 Å². The van der Waals surface area contributed by atoms with Crippen LogP contribution in [0.15, 0.2) is 28.2 Å². The predicted molar refractivity (Wildman–Crippen MR) is 107 cm³/mol. The number of benzene rings is 1. The van der Waals surface area contributed by atoms with Crippen LogP contribution in [0, 0.1) is 0 Å². The first-order valence-electron chi connectivity index (χ1n) is 8.84. The number of alkyl halides is 3. The zero-order valence-electron chi connectivity index (χ0n) is 15.5. The van der Waals surface area contributed by atoms with Crippen LogP contribution >= 0.6 is 23.4 Å². The van der Waals surface area contributed by atoms with Crippen LogP contribution in [-0.2, 0) is 15.8 Å². The fraction of sp³-hybridized carbons (Fsp3) is 0.333. The number of thioether (sulfide) groups is 1. The summed E-state index contributed by atoms with van der Waals surface area (Å²) in [6.07, 6.45) is -4.16. The van der Waals surface area contributed by atoms with E-state index in [1.807, 2.05) is 6.92 Å². The maximum Gasteiger partial charge on any atom is 0.416 e. The lowest BCUT2D eigenvalue weighted by Gasteiger charge is -2.23. The van der Waals surface area contributed by atoms with Crippen molar-refractivity contribution in [2.45, 2.75) is 37.0 Å². The molecule has 1 aromatic carbocycles. The number of amides is 2. The summed E-state index contributed by atoms with van der Waals surface area (Å²) in [5.74, 6) is -1.96. The van der Waals surface area contributed by atoms with Crippen LogP contribution in [0.25, 0.3) is 0 Å². The van der Waals surface area contributed by atoms with Gasteiger partial charge < -0.3 is 15.6 Å². The van der Waals surface area contributed by atoms with Crippen LogP contribution in [0.3, 0.4) is 0 Å². The van der Waals surface area contributed by atoms with E-state index in [0.717, 1.165) is 18.6 Å². The lowest BCUT2D eigenvalue weighted by Crippen LogP contribution is -2.36. The zero-order chi connectivity index (χ0) is 22.1. The van der Waals surface area contributed by atoms with Gasteiger partial charge in [0.25, 0.3) is 5.56 Å². The van der Waals surface area contributed by atoms with Gasteiger partial charge in [0.05, 0.1) is 27.8 Å². The smallest absolute Gasteiger partial charge is 0.324 e. The summed E-state index contributed by atoms with van der Waals surface area (Å²) < 4.78 is 38.9. The number of fused-ring (bicyclic) bond motifs is 1. The van der Waals surface area contributed by atoms with E-state index in [0.29, 0.717) is 17.0 Å². The molecule has 7 nitrogen and oxygen atoms in total. The summed E-state index contributed by atoms with van der Waals surface area (Å²) in [5.41, 5.74) is -1.94. The van der Waals surface area contributed by atoms with E-state index >= 15 is 0 Å². The Morgan fingerprint density at radius 2 is 2.10 bits per heavy atom. The van der Waals surface area contributed by atoms with E-state index in [1.165, 1.54) is 11.8 Å². The molecule has 30 heavy (non-hydrogen) atoms. The highest BCUT2D eigenvalue weighted by Gasteiger charge is 2.36. The molecule has 0 fully saturated rings. The monoisotopic (exact) mass is 460 g/mol. The number of aromatic amines is 1. The molecule has 3 N–H and O–H groups in total. The number of aromatic nitrogens is 2. The molecule has 0 aliphatic carbocycles. The van der Waals surface area contributed by atoms with Gasteiger partial charge in [0.15, 0.2) is 5.16 Å². The number of nitrogens with zero attached hydrogens (tertiary/aromatic N) is 1. The zero-order valence-corrected chi connectivity index (χ0v) is 17.1. The predicted octanol–water partition coefficient (Wildman–Crippen LogP) is 4.01. The molecule has 1 atom stereocenters. The van der Waals surface area contributed by atoms with Gasteiger partial charge >= 0.3 is 6.18 Å². The van der Waals surface area contributed by atoms with Crippen molar-refractivity contribution in [1.82, 2.24) is 9.97 Å². The first kappa shape index (κ1) is 22.2. The van der Waals surface area contributed by atoms with E-state index in [2.05, 4.69) is 20.6 Å². The molecule has 0 radical (unpaired) electrons. The summed E-state index contributed by atoms with van der Waals surface area (Å²) in [6.45, 7) is 1.95. The molecule has 0 unspecified atom stereocenters. The second-order valence-electron chi connectivity index (χ2n) is 6.47. The van der Waals surface area contributed by atoms with Crippen molar-refractivity contribution < 1.29 is 22.8 Å². The van der Waals surface area contributed by atoms with Crippen LogP contribution in [0.2, 0.25) is 5.02 Å². The Bertz CT molecular complexity index is 1060. The van der Waals surface area contributed by atoms with Crippen molar-refractivity contribution in [3.05, 3.63) is 44.7 Å². The van der Waals surface area contributed by atoms with Crippen LogP contribution in [0.4, 0.5) is 24.7 Å². The van der Waals surface area contributed by atoms with Gasteiger partial charge in [0.1, 0.15) is 5.82 Å². The van der Waals surface area contributed by atoms with E-state index in [1.54, 1.807) is 0 Å². The second-order valence-corrected chi connectivity index (χ2v) is 7.96. The van der Waals surface area contributed by atoms with Gasteiger partial charge in [-0.1, -0.05) is 30.3 Å². The highest BCUT2D eigenvalue weighted by Crippen LogP contribution is 2.35. The molecule has 2 aromatic rings. The molecule has 2 amide bonds. The van der Waals surface area contributed by atoms with E-state index in [9.17, 15) is 27.6 Å². The summed E-state index contributed by atoms with van der Waals surface area (Å²) in [4.78, 5) is 44.1. The number of H-pyrrole nitrogens is 1. The third-order valence-corrected chi connectivity index (χ3v) is 5.65. The number of hydrogen-bond donors (Lipinski definition) is 3. The molecule has 0 saturated heterocycles. The molecule has 0 bridgehead atoms. The Balaban J connectivity index is 1.93. The fourth-order valence-electron chi connectivity index (χ4n) is 2.86. The third kappa shape index (κ3) is 4.78. The van der Waals surface area contributed by atoms with E-state index < -0.39 is 35.0 Å². The van der Waals surface area contributed by atoms with Crippen LogP contribution in [-0.4, -0.2) is 27.5 Å². The van der Waals surface area contributed by atoms with Crippen molar-refractivity contribution in [3.63, 3.8) is 0 Å². The normalized spacial score (nSPS) is 16.0. The molecule has 1 aliphatic rings. The molecular weight excluding hydrogens is 445 g/mol. The number of anilines is 2. The highest BCUT2D eigenvalue weighted by atomic mass is 35.5. The van der Waals surface area contributed by atoms with E-state index in [-0.39, 0.29) is 28.5 Å². The third-order valence-electron chi connectivity index (χ3n) is 4.24. The number of hydrogen-bond acceptors (Lipinski definition) is 5. The average Bonchev–Trinajstić information content (AvgIpc) is 2.66. The molecule has 1 aliphatic heterocycles. The molecule has 2 heterocycles. The first-order chi connectivity index (χ1) is 14.1. The fourth-order valence-corrected chi connectivity index (χ4v) is 3.74. The number of carbonyl (C=O) groups is 2. The Hall–Kier alpha value is -2.53. The molecule has 160 valence electrons. The summed E-state index contributed by atoms with van der Waals surface area (Å²) in [6, 6.07) is 2.48. The van der Waals surface area contributed by atoms with Crippen molar-refractivity contribution in [1.29, 1.82) is 0 Å². The van der Waals surface area contributed by atoms with E-state index in [4.69, 9.17) is 11.6 Å². The Morgan fingerprint density at radius 1 is 1.37 bits per heavy atom. The van der Waals surface area contributed by atoms with Gasteiger partial charge in [-0.3, -0.25) is 14.4 Å². The summed E-state index contributed by atoms with van der Waals surface area (Å²) in [5, 5.41) is 4.94. The minimum atomic E-state index is -4.63. The van der Waals surface area contributed by atoms with Gasteiger partial charge in [-0.2, -0.15) is 13.2 Å². The second kappa shape index (κ2) is 8.68. The minimum absolute atomic E-state index is 0.0381. The van der Waals surface area contributed by atoms with Gasteiger partial charge in [-0.05, 0) is 24.6 Å². The Kier molecular flexibility index (Phi) is 6.41. The van der Waals surface area contributed by atoms with Gasteiger partial charge in [-0.15, -0.1) is 0 Å². The number of rotatable bonds is 5. The van der Waals surface area contributed by atoms with Gasteiger partial charge in [0.2, 0.25) is 11.8 Å². The topological polar surface area (TPSA) is 104 Å². The maximum absolute atomic E-state index is 13.0. The Morgan fingerprint density at radius 3 is 2.77 bits per heavy atom. The standard InChI is InChI=1S/C18H16ClF3N4O3S/c1-2-5-30-17-25-14-13(16(29)26-17)9(7-12(27)24-14)15(28)23-11-6-8(18(20,21)22)3-4-10(11)19/h3-4,6,9H,2,5,7H2,1H3,(H,23,28)(H2,24,25,26,27,29)/t9-/m1/s1. The average molecular weight is 461 g/mol. The first-order valence-corrected chi connectivity index (χ1v) is 10.2. The molecular formula is C18H16ClF3N4O3S. The summed E-state index contributed by atoms with van der Waals surface area (Å²) >= 11 is 7.20. The lowest BCUT2D eigenvalue weighted by atomic mass is 9.92. The molecule has 12 heteroatoms. The number of nitrogens with one attached hydrogen (secondary N) is 3. The lowest BCUT2D eigenvalue weighted by molar-refractivity contribution is -0.137. The largest absolute Gasteiger partial charge is 0.416 e. The van der Waals surface area contributed by atoms with Crippen LogP contribution < -0.4 is 16.2 Å². The molecule has 1 aromatic heterocycles. The van der Waals surface area contributed by atoms with Gasteiger partial charge in [0, 0.05) is 12.2 Å². The number of halogens is 4.